The van der Waals surface area contributed by atoms with E-state index in [4.69, 9.17) is 9.72 Å². The summed E-state index contributed by atoms with van der Waals surface area (Å²) in [6.07, 6.45) is 13.0. The van der Waals surface area contributed by atoms with Crippen molar-refractivity contribution in [3.8, 4) is 0 Å². The molecule has 2 fully saturated rings. The minimum absolute atomic E-state index is 0.312. The van der Waals surface area contributed by atoms with E-state index in [0.717, 1.165) is 56.9 Å². The number of piperidine rings is 1. The molecular weight excluding hydrogens is 478 g/mol. The van der Waals surface area contributed by atoms with Crippen molar-refractivity contribution in [1.82, 2.24) is 14.5 Å². The van der Waals surface area contributed by atoms with Crippen molar-refractivity contribution in [1.29, 1.82) is 0 Å². The molecule has 3 aliphatic rings. The van der Waals surface area contributed by atoms with Gasteiger partial charge in [-0.25, -0.2) is 4.98 Å². The zero-order chi connectivity index (χ0) is 27.5. The molecule has 4 heteroatoms. The van der Waals surface area contributed by atoms with Gasteiger partial charge >= 0.3 is 0 Å². The van der Waals surface area contributed by atoms with Crippen molar-refractivity contribution in [3.05, 3.63) is 82.0 Å². The Balaban J connectivity index is 1.31. The maximum absolute atomic E-state index is 5.89. The Kier molecular flexibility index (Phi) is 8.93. The maximum Gasteiger partial charge on any atom is 0.123 e. The first-order valence-corrected chi connectivity index (χ1v) is 15.4. The standard InChI is InChI=1S/C35H49N3O/c1-7-9-27-10-8-11-32(33(27)20-24(2)3)28-14-17-37(18-15-28)23-34-36-26(6)35(38(34)22-31-16-19-39-31)30-13-12-29(21-30)25(4)5/h8,10-13,24,28,31H,4,7,9,14-23H2,1-3,5-6H3. The highest BCUT2D eigenvalue weighted by Gasteiger charge is 2.29. The van der Waals surface area contributed by atoms with Crippen LogP contribution in [0.25, 0.3) is 5.57 Å². The number of aryl methyl sites for hydroxylation is 2. The third-order valence-electron chi connectivity index (χ3n) is 8.95. The third kappa shape index (κ3) is 6.33. The quantitative estimate of drug-likeness (QED) is 0.299. The fraction of sp³-hybridized carbons (Fsp3) is 0.571. The van der Waals surface area contributed by atoms with Crippen LogP contribution in [0, 0.1) is 12.8 Å². The van der Waals surface area contributed by atoms with Gasteiger partial charge in [0.25, 0.3) is 0 Å². The molecule has 4 nitrogen and oxygen atoms in total. The van der Waals surface area contributed by atoms with Gasteiger partial charge in [0.2, 0.25) is 0 Å². The van der Waals surface area contributed by atoms with E-state index in [0.29, 0.717) is 17.9 Å². The number of aromatic nitrogens is 2. The molecule has 210 valence electrons. The Hall–Kier alpha value is -2.43. The molecule has 1 aromatic carbocycles. The summed E-state index contributed by atoms with van der Waals surface area (Å²) in [5.74, 6) is 2.56. The lowest BCUT2D eigenvalue weighted by molar-refractivity contribution is -0.0599. The van der Waals surface area contributed by atoms with Crippen molar-refractivity contribution < 1.29 is 4.74 Å². The van der Waals surface area contributed by atoms with Gasteiger partial charge in [0.05, 0.1) is 30.6 Å². The molecule has 1 aromatic heterocycles. The van der Waals surface area contributed by atoms with E-state index >= 15 is 0 Å². The molecular formula is C35H49N3O. The van der Waals surface area contributed by atoms with Crippen molar-refractivity contribution in [2.24, 2.45) is 5.92 Å². The summed E-state index contributed by atoms with van der Waals surface area (Å²) < 4.78 is 8.37. The smallest absolute Gasteiger partial charge is 0.123 e. The number of hydrogen-bond donors (Lipinski definition) is 0. The molecule has 3 heterocycles. The fourth-order valence-corrected chi connectivity index (χ4v) is 6.77. The predicted molar refractivity (Wildman–Crippen MR) is 163 cm³/mol. The molecule has 0 saturated carbocycles. The van der Waals surface area contributed by atoms with Crippen LogP contribution in [0.3, 0.4) is 0 Å². The molecule has 0 amide bonds. The van der Waals surface area contributed by atoms with E-state index in [2.05, 4.69) is 81.0 Å². The first-order chi connectivity index (χ1) is 18.8. The SMILES string of the molecule is C=C(C)C1=CC=C(c2c(C)nc(CN3CCC(c4cccc(CCC)c4CC(C)C)CC3)n2CC2CCO2)C1. The van der Waals surface area contributed by atoms with Crippen molar-refractivity contribution in [2.75, 3.05) is 19.7 Å². The van der Waals surface area contributed by atoms with Gasteiger partial charge in [-0.05, 0) is 105 Å². The number of allylic oxidation sites excluding steroid dienone is 5. The highest BCUT2D eigenvalue weighted by molar-refractivity contribution is 5.73. The number of likely N-dealkylation sites (tertiary alicyclic amines) is 1. The maximum atomic E-state index is 5.89. The molecule has 0 spiro atoms. The normalized spacial score (nSPS) is 20.3. The third-order valence-corrected chi connectivity index (χ3v) is 8.95. The zero-order valence-electron chi connectivity index (χ0n) is 25.1. The fourth-order valence-electron chi connectivity index (χ4n) is 6.77. The summed E-state index contributed by atoms with van der Waals surface area (Å²) in [7, 11) is 0. The molecule has 0 N–H and O–H groups in total. The molecule has 2 aliphatic heterocycles. The summed E-state index contributed by atoms with van der Waals surface area (Å²) in [5, 5.41) is 0. The average molecular weight is 528 g/mol. The van der Waals surface area contributed by atoms with Gasteiger partial charge < -0.3 is 9.30 Å². The van der Waals surface area contributed by atoms with Crippen LogP contribution in [0.4, 0.5) is 0 Å². The Morgan fingerprint density at radius 2 is 1.92 bits per heavy atom. The van der Waals surface area contributed by atoms with E-state index < -0.39 is 0 Å². The van der Waals surface area contributed by atoms with Crippen LogP contribution in [0.1, 0.15) is 99.6 Å². The molecule has 5 rings (SSSR count). The van der Waals surface area contributed by atoms with Gasteiger partial charge in [-0.1, -0.05) is 69.7 Å². The van der Waals surface area contributed by atoms with Gasteiger partial charge in [-0.15, -0.1) is 0 Å². The van der Waals surface area contributed by atoms with Crippen LogP contribution in [0.2, 0.25) is 0 Å². The molecule has 39 heavy (non-hydrogen) atoms. The monoisotopic (exact) mass is 527 g/mol. The van der Waals surface area contributed by atoms with Crippen LogP contribution < -0.4 is 0 Å². The van der Waals surface area contributed by atoms with Crippen molar-refractivity contribution >= 4 is 5.57 Å². The second-order valence-electron chi connectivity index (χ2n) is 12.6. The molecule has 2 saturated heterocycles. The summed E-state index contributed by atoms with van der Waals surface area (Å²) in [4.78, 5) is 7.80. The predicted octanol–water partition coefficient (Wildman–Crippen LogP) is 7.80. The van der Waals surface area contributed by atoms with Crippen LogP contribution >= 0.6 is 0 Å². The molecule has 2 aromatic rings. The second-order valence-corrected chi connectivity index (χ2v) is 12.6. The van der Waals surface area contributed by atoms with Gasteiger partial charge in [0.1, 0.15) is 5.82 Å². The summed E-state index contributed by atoms with van der Waals surface area (Å²) in [6, 6.07) is 7.12. The van der Waals surface area contributed by atoms with E-state index in [1.807, 2.05) is 0 Å². The van der Waals surface area contributed by atoms with Crippen molar-refractivity contribution in [2.45, 2.75) is 105 Å². The molecule has 1 atom stereocenters. The zero-order valence-corrected chi connectivity index (χ0v) is 25.1. The molecule has 1 unspecified atom stereocenters. The lowest BCUT2D eigenvalue weighted by Gasteiger charge is -2.34. The van der Waals surface area contributed by atoms with Gasteiger partial charge in [0.15, 0.2) is 0 Å². The lowest BCUT2D eigenvalue weighted by Crippen LogP contribution is -2.36. The topological polar surface area (TPSA) is 30.3 Å². The van der Waals surface area contributed by atoms with Crippen LogP contribution in [-0.2, 0) is 30.7 Å². The number of ether oxygens (including phenoxy) is 1. The number of hydrogen-bond acceptors (Lipinski definition) is 3. The lowest BCUT2D eigenvalue weighted by atomic mass is 9.81. The highest BCUT2D eigenvalue weighted by Crippen LogP contribution is 2.36. The van der Waals surface area contributed by atoms with Crippen LogP contribution in [-0.4, -0.2) is 40.3 Å². The van der Waals surface area contributed by atoms with Gasteiger partial charge in [-0.3, -0.25) is 4.90 Å². The van der Waals surface area contributed by atoms with E-state index in [1.54, 1.807) is 16.7 Å². The summed E-state index contributed by atoms with van der Waals surface area (Å²) in [5.41, 5.74) is 11.2. The van der Waals surface area contributed by atoms with E-state index in [-0.39, 0.29) is 0 Å². The average Bonchev–Trinajstić information content (AvgIpc) is 3.47. The molecule has 0 bridgehead atoms. The molecule has 0 radical (unpaired) electrons. The molecule has 1 aliphatic carbocycles. The minimum Gasteiger partial charge on any atom is -0.376 e. The number of imidazole rings is 1. The van der Waals surface area contributed by atoms with E-state index in [1.165, 1.54) is 54.8 Å². The highest BCUT2D eigenvalue weighted by atomic mass is 16.5. The largest absolute Gasteiger partial charge is 0.376 e. The van der Waals surface area contributed by atoms with E-state index in [9.17, 15) is 0 Å². The first kappa shape index (κ1) is 28.1. The van der Waals surface area contributed by atoms with Crippen LogP contribution in [0.15, 0.2) is 48.1 Å². The Labute approximate surface area is 236 Å². The summed E-state index contributed by atoms with van der Waals surface area (Å²) >= 11 is 0. The number of rotatable bonds is 11. The first-order valence-electron chi connectivity index (χ1n) is 15.4. The van der Waals surface area contributed by atoms with Gasteiger partial charge in [0, 0.05) is 6.61 Å². The Morgan fingerprint density at radius 1 is 1.15 bits per heavy atom. The van der Waals surface area contributed by atoms with Crippen molar-refractivity contribution in [3.63, 3.8) is 0 Å². The van der Waals surface area contributed by atoms with Gasteiger partial charge in [-0.2, -0.15) is 0 Å². The van der Waals surface area contributed by atoms with Crippen LogP contribution in [0.5, 0.6) is 0 Å². The second kappa shape index (κ2) is 12.4. The Bertz CT molecular complexity index is 1230. The summed E-state index contributed by atoms with van der Waals surface area (Å²) in [6.45, 7) is 20.5. The number of benzene rings is 1. The minimum atomic E-state index is 0.312. The Morgan fingerprint density at radius 3 is 2.54 bits per heavy atom. The number of nitrogens with zero attached hydrogens (tertiary/aromatic N) is 3.